The SMILES string of the molecule is Cc1cc(NC(=O)CC2CCCN2)ccc1NC(=O)c1ccco1.Cl. The lowest BCUT2D eigenvalue weighted by atomic mass is 10.1. The van der Waals surface area contributed by atoms with E-state index in [0.29, 0.717) is 12.1 Å². The first-order chi connectivity index (χ1) is 11.6. The first-order valence-electron chi connectivity index (χ1n) is 8.10. The Morgan fingerprint density at radius 2 is 2.12 bits per heavy atom. The second kappa shape index (κ2) is 8.69. The number of anilines is 2. The molecule has 3 N–H and O–H groups in total. The van der Waals surface area contributed by atoms with E-state index < -0.39 is 0 Å². The van der Waals surface area contributed by atoms with Crippen molar-refractivity contribution >= 4 is 35.6 Å². The molecule has 1 atom stereocenters. The van der Waals surface area contributed by atoms with E-state index in [1.807, 2.05) is 13.0 Å². The lowest BCUT2D eigenvalue weighted by Gasteiger charge is -2.12. The summed E-state index contributed by atoms with van der Waals surface area (Å²) in [4.78, 5) is 24.1. The number of aryl methyl sites for hydroxylation is 1. The van der Waals surface area contributed by atoms with Gasteiger partial charge in [-0.1, -0.05) is 0 Å². The first-order valence-corrected chi connectivity index (χ1v) is 8.10. The Hall–Kier alpha value is -2.31. The lowest BCUT2D eigenvalue weighted by Crippen LogP contribution is -2.27. The van der Waals surface area contributed by atoms with E-state index >= 15 is 0 Å². The van der Waals surface area contributed by atoms with Crippen molar-refractivity contribution in [1.29, 1.82) is 0 Å². The second-order valence-electron chi connectivity index (χ2n) is 6.01. The van der Waals surface area contributed by atoms with Crippen LogP contribution in [-0.4, -0.2) is 24.4 Å². The highest BCUT2D eigenvalue weighted by Crippen LogP contribution is 2.21. The monoisotopic (exact) mass is 363 g/mol. The van der Waals surface area contributed by atoms with Crippen LogP contribution < -0.4 is 16.0 Å². The summed E-state index contributed by atoms with van der Waals surface area (Å²) in [6, 6.07) is 8.95. The molecule has 1 aromatic carbocycles. The lowest BCUT2D eigenvalue weighted by molar-refractivity contribution is -0.116. The van der Waals surface area contributed by atoms with Crippen molar-refractivity contribution in [3.05, 3.63) is 47.9 Å². The molecule has 6 nitrogen and oxygen atoms in total. The van der Waals surface area contributed by atoms with Crippen LogP contribution in [0.4, 0.5) is 11.4 Å². The summed E-state index contributed by atoms with van der Waals surface area (Å²) in [5.41, 5.74) is 2.28. The topological polar surface area (TPSA) is 83.4 Å². The molecular weight excluding hydrogens is 342 g/mol. The Morgan fingerprint density at radius 1 is 1.28 bits per heavy atom. The molecule has 1 aliphatic rings. The molecule has 1 aliphatic heterocycles. The fourth-order valence-corrected chi connectivity index (χ4v) is 2.84. The van der Waals surface area contributed by atoms with Crippen LogP contribution in [0.2, 0.25) is 0 Å². The van der Waals surface area contributed by atoms with Gasteiger partial charge in [-0.25, -0.2) is 0 Å². The molecule has 0 spiro atoms. The van der Waals surface area contributed by atoms with E-state index in [2.05, 4.69) is 16.0 Å². The molecule has 1 saturated heterocycles. The van der Waals surface area contributed by atoms with Crippen LogP contribution in [0.25, 0.3) is 0 Å². The maximum Gasteiger partial charge on any atom is 0.291 e. The Bertz CT molecular complexity index is 725. The zero-order chi connectivity index (χ0) is 16.9. The van der Waals surface area contributed by atoms with E-state index in [-0.39, 0.29) is 36.0 Å². The van der Waals surface area contributed by atoms with Gasteiger partial charge in [0.2, 0.25) is 5.91 Å². The third kappa shape index (κ3) is 5.08. The van der Waals surface area contributed by atoms with Gasteiger partial charge in [0.25, 0.3) is 5.91 Å². The first kappa shape index (κ1) is 19.0. The summed E-state index contributed by atoms with van der Waals surface area (Å²) >= 11 is 0. The van der Waals surface area contributed by atoms with E-state index in [0.717, 1.165) is 30.6 Å². The molecule has 1 unspecified atom stereocenters. The van der Waals surface area contributed by atoms with Gasteiger partial charge in [-0.3, -0.25) is 9.59 Å². The minimum atomic E-state index is -0.299. The fraction of sp³-hybridized carbons (Fsp3) is 0.333. The summed E-state index contributed by atoms with van der Waals surface area (Å²) in [7, 11) is 0. The molecule has 1 fully saturated rings. The number of furan rings is 1. The predicted octanol–water partition coefficient (Wildman–Crippen LogP) is 3.34. The maximum atomic E-state index is 12.1. The molecular formula is C18H22ClN3O3. The van der Waals surface area contributed by atoms with Crippen LogP contribution in [0, 0.1) is 6.92 Å². The van der Waals surface area contributed by atoms with Crippen molar-refractivity contribution in [3.8, 4) is 0 Å². The number of carbonyl (C=O) groups is 2. The molecule has 7 heteroatoms. The van der Waals surface area contributed by atoms with Gasteiger partial charge in [-0.2, -0.15) is 0 Å². The molecule has 0 bridgehead atoms. The number of amides is 2. The molecule has 3 rings (SSSR count). The van der Waals surface area contributed by atoms with Crippen LogP contribution in [-0.2, 0) is 4.79 Å². The van der Waals surface area contributed by atoms with Crippen LogP contribution in [0.1, 0.15) is 35.4 Å². The minimum Gasteiger partial charge on any atom is -0.459 e. The summed E-state index contributed by atoms with van der Waals surface area (Å²) < 4.78 is 5.07. The van der Waals surface area contributed by atoms with E-state index in [9.17, 15) is 9.59 Å². The molecule has 2 amide bonds. The number of hydrogen-bond donors (Lipinski definition) is 3. The molecule has 0 radical (unpaired) electrons. The van der Waals surface area contributed by atoms with Crippen molar-refractivity contribution in [2.24, 2.45) is 0 Å². The van der Waals surface area contributed by atoms with Crippen molar-refractivity contribution in [2.45, 2.75) is 32.2 Å². The summed E-state index contributed by atoms with van der Waals surface area (Å²) in [6.07, 6.45) is 4.11. The van der Waals surface area contributed by atoms with E-state index in [1.54, 1.807) is 24.3 Å². The summed E-state index contributed by atoms with van der Waals surface area (Å²) in [6.45, 7) is 2.87. The highest BCUT2D eigenvalue weighted by molar-refractivity contribution is 6.03. The van der Waals surface area contributed by atoms with Crippen molar-refractivity contribution in [2.75, 3.05) is 17.2 Å². The molecule has 25 heavy (non-hydrogen) atoms. The van der Waals surface area contributed by atoms with Gasteiger partial charge in [0.05, 0.1) is 6.26 Å². The average Bonchev–Trinajstić information content (AvgIpc) is 3.23. The number of carbonyl (C=O) groups excluding carboxylic acids is 2. The normalized spacial score (nSPS) is 16.1. The van der Waals surface area contributed by atoms with Crippen molar-refractivity contribution in [1.82, 2.24) is 5.32 Å². The molecule has 2 aromatic rings. The molecule has 1 aromatic heterocycles. The van der Waals surface area contributed by atoms with Crippen LogP contribution >= 0.6 is 12.4 Å². The van der Waals surface area contributed by atoms with Gasteiger partial charge >= 0.3 is 0 Å². The van der Waals surface area contributed by atoms with Crippen LogP contribution in [0.5, 0.6) is 0 Å². The molecule has 0 saturated carbocycles. The van der Waals surface area contributed by atoms with Crippen molar-refractivity contribution < 1.29 is 14.0 Å². The van der Waals surface area contributed by atoms with Crippen LogP contribution in [0.3, 0.4) is 0 Å². The molecule has 134 valence electrons. The minimum absolute atomic E-state index is 0. The molecule has 2 heterocycles. The fourth-order valence-electron chi connectivity index (χ4n) is 2.84. The smallest absolute Gasteiger partial charge is 0.291 e. The third-order valence-corrected chi connectivity index (χ3v) is 4.10. The average molecular weight is 364 g/mol. The molecule has 0 aliphatic carbocycles. The highest BCUT2D eigenvalue weighted by Gasteiger charge is 2.18. The van der Waals surface area contributed by atoms with E-state index in [4.69, 9.17) is 4.42 Å². The quantitative estimate of drug-likeness (QED) is 0.760. The van der Waals surface area contributed by atoms with Crippen molar-refractivity contribution in [3.63, 3.8) is 0 Å². The Balaban J connectivity index is 0.00000225. The van der Waals surface area contributed by atoms with Gasteiger partial charge in [0, 0.05) is 23.8 Å². The zero-order valence-electron chi connectivity index (χ0n) is 14.0. The number of hydrogen-bond acceptors (Lipinski definition) is 4. The Morgan fingerprint density at radius 3 is 2.76 bits per heavy atom. The van der Waals surface area contributed by atoms with Gasteiger partial charge in [0.1, 0.15) is 0 Å². The number of benzene rings is 1. The summed E-state index contributed by atoms with van der Waals surface area (Å²) in [5, 5.41) is 9.02. The standard InChI is InChI=1S/C18H21N3O3.ClH/c1-12-10-14(20-17(22)11-13-4-2-8-19-13)6-7-15(12)21-18(23)16-5-3-9-24-16;/h3,5-7,9-10,13,19H,2,4,8,11H2,1H3,(H,20,22)(H,21,23);1H. The Kier molecular flexibility index (Phi) is 6.61. The van der Waals surface area contributed by atoms with Gasteiger partial charge in [0.15, 0.2) is 5.76 Å². The third-order valence-electron chi connectivity index (χ3n) is 4.10. The second-order valence-corrected chi connectivity index (χ2v) is 6.01. The number of rotatable bonds is 5. The highest BCUT2D eigenvalue weighted by atomic mass is 35.5. The zero-order valence-corrected chi connectivity index (χ0v) is 14.8. The maximum absolute atomic E-state index is 12.1. The van der Waals surface area contributed by atoms with E-state index in [1.165, 1.54) is 6.26 Å². The number of nitrogens with one attached hydrogen (secondary N) is 3. The largest absolute Gasteiger partial charge is 0.459 e. The Labute approximate surface area is 152 Å². The van der Waals surface area contributed by atoms with Gasteiger partial charge in [-0.15, -0.1) is 12.4 Å². The van der Waals surface area contributed by atoms with Crippen LogP contribution in [0.15, 0.2) is 41.0 Å². The predicted molar refractivity (Wildman–Crippen MR) is 99.4 cm³/mol. The number of halogens is 1. The van der Waals surface area contributed by atoms with Gasteiger partial charge < -0.3 is 20.4 Å². The summed E-state index contributed by atoms with van der Waals surface area (Å²) in [5.74, 6) is -0.0378. The van der Waals surface area contributed by atoms with Gasteiger partial charge in [-0.05, 0) is 62.2 Å².